The quantitative estimate of drug-likeness (QED) is 0.227. The van der Waals surface area contributed by atoms with Gasteiger partial charge < -0.3 is 9.80 Å². The summed E-state index contributed by atoms with van der Waals surface area (Å²) in [5.41, 5.74) is 5.25. The summed E-state index contributed by atoms with van der Waals surface area (Å²) in [6.07, 6.45) is 2.07. The van der Waals surface area contributed by atoms with Crippen molar-refractivity contribution < 1.29 is 24.4 Å². The van der Waals surface area contributed by atoms with Crippen LogP contribution in [0.2, 0.25) is 0 Å². The summed E-state index contributed by atoms with van der Waals surface area (Å²) in [5, 5.41) is 10.1. The van der Waals surface area contributed by atoms with E-state index < -0.39 is 35.6 Å². The number of carbonyl (C=O) groups is 4. The van der Waals surface area contributed by atoms with E-state index in [-0.39, 0.29) is 12.5 Å². The van der Waals surface area contributed by atoms with Gasteiger partial charge in [0.15, 0.2) is 0 Å². The number of nitrogens with one attached hydrogen (secondary N) is 2. The van der Waals surface area contributed by atoms with E-state index in [0.717, 1.165) is 17.0 Å². The molecule has 1 aliphatic rings. The largest absolute Gasteiger partial charge is 0.346 e. The molecule has 2 atom stereocenters. The molecule has 0 spiro atoms. The molecule has 0 radical (unpaired) electrons. The normalized spacial score (nSPS) is 15.7. The summed E-state index contributed by atoms with van der Waals surface area (Å²) in [6.45, 7) is 4.67. The van der Waals surface area contributed by atoms with Crippen molar-refractivity contribution in [2.45, 2.75) is 39.5 Å². The molecule has 10 nitrogen and oxygen atoms in total. The average molecular weight is 476 g/mol. The van der Waals surface area contributed by atoms with Crippen LogP contribution in [0.1, 0.15) is 38.7 Å². The van der Waals surface area contributed by atoms with Crippen LogP contribution in [0.5, 0.6) is 0 Å². The van der Waals surface area contributed by atoms with Crippen molar-refractivity contribution in [1.82, 2.24) is 25.7 Å². The van der Waals surface area contributed by atoms with Gasteiger partial charge in [0.2, 0.25) is 11.8 Å². The molecule has 1 unspecified atom stereocenters. The number of rotatable bonds is 13. The van der Waals surface area contributed by atoms with Crippen LogP contribution < -0.4 is 10.9 Å². The highest BCUT2D eigenvalue weighted by molar-refractivity contribution is 6.03. The van der Waals surface area contributed by atoms with Crippen molar-refractivity contribution in [1.29, 1.82) is 0 Å². The number of hydroxylamine groups is 1. The van der Waals surface area contributed by atoms with Gasteiger partial charge in [-0.2, -0.15) is 5.01 Å². The maximum absolute atomic E-state index is 13.2. The van der Waals surface area contributed by atoms with Crippen LogP contribution in [0, 0.1) is 17.8 Å². The molecule has 0 aromatic heterocycles. The molecule has 1 aromatic rings. The first kappa shape index (κ1) is 27.3. The van der Waals surface area contributed by atoms with Crippen LogP contribution in [0.15, 0.2) is 30.3 Å². The Hall–Kier alpha value is -2.98. The van der Waals surface area contributed by atoms with Crippen molar-refractivity contribution in [3.63, 3.8) is 0 Å². The van der Waals surface area contributed by atoms with E-state index in [0.29, 0.717) is 32.4 Å². The number of nitrogens with zero attached hydrogens (tertiary/aromatic N) is 3. The van der Waals surface area contributed by atoms with Gasteiger partial charge in [-0.05, 0) is 51.3 Å². The minimum atomic E-state index is -0.820. The molecular formula is C24H37N5O5. The Morgan fingerprint density at radius 1 is 1.09 bits per heavy atom. The van der Waals surface area contributed by atoms with Gasteiger partial charge in [-0.3, -0.25) is 25.0 Å². The van der Waals surface area contributed by atoms with Crippen LogP contribution in [0.3, 0.4) is 0 Å². The predicted octanol–water partition coefficient (Wildman–Crippen LogP) is 1.65. The van der Waals surface area contributed by atoms with Gasteiger partial charge in [-0.25, -0.2) is 10.3 Å². The molecule has 1 fully saturated rings. The molecule has 3 N–H and O–H groups in total. The van der Waals surface area contributed by atoms with Gasteiger partial charge in [0.25, 0.3) is 5.91 Å². The molecule has 0 aliphatic carbocycles. The van der Waals surface area contributed by atoms with E-state index in [1.165, 1.54) is 4.90 Å². The number of carbonyl (C=O) groups excluding carboxylic acids is 4. The van der Waals surface area contributed by atoms with E-state index in [2.05, 4.69) is 5.43 Å². The lowest BCUT2D eigenvalue weighted by atomic mass is 9.81. The van der Waals surface area contributed by atoms with Crippen LogP contribution in [0.25, 0.3) is 0 Å². The number of hydrogen-bond donors (Lipinski definition) is 3. The zero-order valence-corrected chi connectivity index (χ0v) is 20.5. The Labute approximate surface area is 201 Å². The number of hydrogen-bond acceptors (Lipinski definition) is 6. The lowest BCUT2D eigenvalue weighted by Crippen LogP contribution is -2.51. The maximum Gasteiger partial charge on any atom is 0.346 e. The van der Waals surface area contributed by atoms with E-state index in [9.17, 15) is 24.4 Å². The van der Waals surface area contributed by atoms with E-state index in [1.54, 1.807) is 5.48 Å². The van der Waals surface area contributed by atoms with Gasteiger partial charge in [-0.15, -0.1) is 0 Å². The first-order valence-electron chi connectivity index (χ1n) is 11.7. The second kappa shape index (κ2) is 13.0. The summed E-state index contributed by atoms with van der Waals surface area (Å²) in [4.78, 5) is 54.2. The first-order valence-corrected chi connectivity index (χ1v) is 11.7. The first-order chi connectivity index (χ1) is 16.1. The fraction of sp³-hybridized carbons (Fsp3) is 0.583. The average Bonchev–Trinajstić information content (AvgIpc) is 3.06. The smallest absolute Gasteiger partial charge is 0.312 e. The van der Waals surface area contributed by atoms with Crippen molar-refractivity contribution in [2.24, 2.45) is 17.8 Å². The number of imide groups is 1. The summed E-state index contributed by atoms with van der Waals surface area (Å²) in [5.74, 6) is -3.32. The molecule has 188 valence electrons. The second-order valence-corrected chi connectivity index (χ2v) is 9.41. The zero-order chi connectivity index (χ0) is 25.3. The molecule has 2 rings (SSSR count). The van der Waals surface area contributed by atoms with Crippen LogP contribution in [-0.4, -0.2) is 77.5 Å². The summed E-state index contributed by atoms with van der Waals surface area (Å²) in [7, 11) is 3.73. The van der Waals surface area contributed by atoms with Crippen LogP contribution in [0.4, 0.5) is 4.79 Å². The zero-order valence-electron chi connectivity index (χ0n) is 20.5. The third-order valence-electron chi connectivity index (χ3n) is 5.89. The number of hydrazine groups is 1. The Balaban J connectivity index is 2.12. The Morgan fingerprint density at radius 2 is 1.76 bits per heavy atom. The lowest BCUT2D eigenvalue weighted by molar-refractivity contribution is -0.144. The minimum absolute atomic E-state index is 0.0698. The third kappa shape index (κ3) is 7.81. The van der Waals surface area contributed by atoms with Crippen molar-refractivity contribution in [3.05, 3.63) is 35.9 Å². The second-order valence-electron chi connectivity index (χ2n) is 9.41. The van der Waals surface area contributed by atoms with Crippen molar-refractivity contribution in [3.8, 4) is 0 Å². The fourth-order valence-electron chi connectivity index (χ4n) is 4.08. The number of benzene rings is 1. The van der Waals surface area contributed by atoms with Crippen molar-refractivity contribution >= 4 is 23.8 Å². The van der Waals surface area contributed by atoms with E-state index in [4.69, 9.17) is 0 Å². The number of urea groups is 1. The topological polar surface area (TPSA) is 122 Å². The Bertz CT molecular complexity index is 845. The number of aryl methyl sites for hydroxylation is 1. The number of amides is 5. The fourth-order valence-corrected chi connectivity index (χ4v) is 4.08. The van der Waals surface area contributed by atoms with Crippen molar-refractivity contribution in [2.75, 3.05) is 33.7 Å². The van der Waals surface area contributed by atoms with E-state index in [1.807, 2.05) is 63.2 Å². The molecule has 0 bridgehead atoms. The Kier molecular flexibility index (Phi) is 10.5. The Morgan fingerprint density at radius 3 is 2.35 bits per heavy atom. The summed E-state index contributed by atoms with van der Waals surface area (Å²) in [6, 6.07) is 9.20. The monoisotopic (exact) mass is 475 g/mol. The molecule has 1 aromatic carbocycles. The molecule has 10 heteroatoms. The highest BCUT2D eigenvalue weighted by Crippen LogP contribution is 2.27. The molecule has 1 saturated heterocycles. The molecular weight excluding hydrogens is 438 g/mol. The van der Waals surface area contributed by atoms with Crippen LogP contribution in [-0.2, 0) is 20.8 Å². The SMILES string of the molecule is CC(C)CC(C(=O)NN1C(=O)CN(CCN(C)C)C1=O)[C@@H](CCCc1ccccc1)C(=O)NO. The maximum atomic E-state index is 13.2. The lowest BCUT2D eigenvalue weighted by Gasteiger charge is -2.28. The van der Waals surface area contributed by atoms with Gasteiger partial charge in [0.05, 0.1) is 11.8 Å². The predicted molar refractivity (Wildman–Crippen MR) is 126 cm³/mol. The molecule has 34 heavy (non-hydrogen) atoms. The van der Waals surface area contributed by atoms with E-state index >= 15 is 0 Å². The van der Waals surface area contributed by atoms with Crippen LogP contribution >= 0.6 is 0 Å². The van der Waals surface area contributed by atoms with Gasteiger partial charge in [0, 0.05) is 13.1 Å². The molecule has 5 amide bonds. The molecule has 1 heterocycles. The molecule has 0 saturated carbocycles. The van der Waals surface area contributed by atoms with Gasteiger partial charge >= 0.3 is 6.03 Å². The standard InChI is InChI=1S/C24H37N5O5/c1-17(2)15-20(19(23(32)26-34)12-8-11-18-9-6-5-7-10-18)22(31)25-29-21(30)16-28(24(29)33)14-13-27(3)4/h5-7,9-10,17,19-20,34H,8,11-16H2,1-4H3,(H,25,31)(H,26,32)/t19-,20?/m1/s1. The summed E-state index contributed by atoms with van der Waals surface area (Å²) < 4.78 is 0. The van der Waals surface area contributed by atoms with Gasteiger partial charge in [-0.1, -0.05) is 44.2 Å². The van der Waals surface area contributed by atoms with Gasteiger partial charge in [0.1, 0.15) is 6.54 Å². The minimum Gasteiger partial charge on any atom is -0.312 e. The third-order valence-corrected chi connectivity index (χ3v) is 5.89. The summed E-state index contributed by atoms with van der Waals surface area (Å²) >= 11 is 0. The highest BCUT2D eigenvalue weighted by atomic mass is 16.5. The molecule has 1 aliphatic heterocycles. The highest BCUT2D eigenvalue weighted by Gasteiger charge is 2.40. The number of likely N-dealkylation sites (N-methyl/N-ethyl adjacent to an activating group) is 1.